The molecule has 0 bridgehead atoms. The van der Waals surface area contributed by atoms with Crippen molar-refractivity contribution in [3.63, 3.8) is 0 Å². The van der Waals surface area contributed by atoms with Crippen molar-refractivity contribution in [3.8, 4) is 0 Å². The number of aromatic nitrogens is 4. The second kappa shape index (κ2) is 9.08. The molecule has 2 aromatic heterocycles. The Labute approximate surface area is 178 Å². The minimum Gasteiger partial charge on any atom is -0.303 e. The van der Waals surface area contributed by atoms with Gasteiger partial charge in [0, 0.05) is 19.8 Å². The van der Waals surface area contributed by atoms with Crippen molar-refractivity contribution in [1.82, 2.24) is 19.1 Å². The van der Waals surface area contributed by atoms with Crippen LogP contribution in [0.3, 0.4) is 0 Å². The van der Waals surface area contributed by atoms with E-state index in [1.165, 1.54) is 4.57 Å². The molecular weight excluding hydrogens is 392 g/mol. The van der Waals surface area contributed by atoms with E-state index in [1.807, 2.05) is 72.8 Å². The standard InChI is InChI=1S/C23H22N6O2/c1-28-20-19(21(30)26-23(28)31)29(16-14-18-11-6-3-7-12-18)22(25-20)27-24-15-8-13-17-9-4-2-5-10-17/h2-13,15H,14,16H2,1H3,(H,25,27)(H,26,30,31)/b13-8-,24-15?. The van der Waals surface area contributed by atoms with Gasteiger partial charge in [-0.1, -0.05) is 66.7 Å². The Morgan fingerprint density at radius 2 is 1.77 bits per heavy atom. The van der Waals surface area contributed by atoms with Crippen molar-refractivity contribution in [3.05, 3.63) is 98.7 Å². The van der Waals surface area contributed by atoms with Crippen molar-refractivity contribution in [2.24, 2.45) is 12.1 Å². The Kier molecular flexibility index (Phi) is 5.89. The molecule has 0 saturated heterocycles. The highest BCUT2D eigenvalue weighted by molar-refractivity contribution is 5.79. The molecule has 0 unspecified atom stereocenters. The molecule has 156 valence electrons. The molecular formula is C23H22N6O2. The number of nitrogens with zero attached hydrogens (tertiary/aromatic N) is 4. The summed E-state index contributed by atoms with van der Waals surface area (Å²) in [4.78, 5) is 31.3. The van der Waals surface area contributed by atoms with Crippen molar-refractivity contribution in [2.45, 2.75) is 13.0 Å². The molecule has 0 aliphatic heterocycles. The van der Waals surface area contributed by atoms with Gasteiger partial charge >= 0.3 is 5.69 Å². The minimum atomic E-state index is -0.508. The van der Waals surface area contributed by atoms with Crippen LogP contribution in [0.15, 0.2) is 81.4 Å². The predicted molar refractivity (Wildman–Crippen MR) is 123 cm³/mol. The van der Waals surface area contributed by atoms with E-state index in [9.17, 15) is 9.59 Å². The maximum atomic E-state index is 12.5. The number of rotatable bonds is 7. The number of aromatic amines is 1. The first-order chi connectivity index (χ1) is 15.1. The van der Waals surface area contributed by atoms with Gasteiger partial charge in [0.15, 0.2) is 11.2 Å². The number of hydrogen-bond acceptors (Lipinski definition) is 5. The summed E-state index contributed by atoms with van der Waals surface area (Å²) >= 11 is 0. The van der Waals surface area contributed by atoms with Gasteiger partial charge in [-0.2, -0.15) is 10.1 Å². The highest BCUT2D eigenvalue weighted by Crippen LogP contribution is 2.16. The number of imidazole rings is 1. The zero-order valence-electron chi connectivity index (χ0n) is 17.0. The van der Waals surface area contributed by atoms with Crippen molar-refractivity contribution >= 4 is 29.4 Å². The molecule has 0 radical (unpaired) electrons. The molecule has 0 saturated carbocycles. The first kappa shape index (κ1) is 20.1. The average molecular weight is 414 g/mol. The second-order valence-electron chi connectivity index (χ2n) is 6.97. The van der Waals surface area contributed by atoms with Crippen molar-refractivity contribution < 1.29 is 0 Å². The topological polar surface area (TPSA) is 97.1 Å². The highest BCUT2D eigenvalue weighted by atomic mass is 16.2. The summed E-state index contributed by atoms with van der Waals surface area (Å²) in [5.74, 6) is 0.391. The molecule has 0 spiro atoms. The number of hydrazone groups is 1. The molecule has 8 heteroatoms. The third-order valence-electron chi connectivity index (χ3n) is 4.89. The number of hydrogen-bond donors (Lipinski definition) is 2. The minimum absolute atomic E-state index is 0.305. The fourth-order valence-corrected chi connectivity index (χ4v) is 3.28. The van der Waals surface area contributed by atoms with E-state index in [-0.39, 0.29) is 0 Å². The van der Waals surface area contributed by atoms with Gasteiger partial charge in [0.25, 0.3) is 5.56 Å². The van der Waals surface area contributed by atoms with Crippen molar-refractivity contribution in [1.29, 1.82) is 0 Å². The molecule has 8 nitrogen and oxygen atoms in total. The number of fused-ring (bicyclic) bond motifs is 1. The molecule has 4 aromatic rings. The summed E-state index contributed by atoms with van der Waals surface area (Å²) in [6.07, 6.45) is 6.04. The van der Waals surface area contributed by atoms with E-state index in [0.717, 1.165) is 11.1 Å². The van der Waals surface area contributed by atoms with Gasteiger partial charge in [0.2, 0.25) is 5.95 Å². The van der Waals surface area contributed by atoms with Gasteiger partial charge in [-0.15, -0.1) is 0 Å². The summed E-state index contributed by atoms with van der Waals surface area (Å²) < 4.78 is 3.07. The lowest BCUT2D eigenvalue weighted by atomic mass is 10.1. The van der Waals surface area contributed by atoms with Gasteiger partial charge in [-0.25, -0.2) is 10.2 Å². The predicted octanol–water partition coefficient (Wildman–Crippen LogP) is 2.78. The Morgan fingerprint density at radius 3 is 2.52 bits per heavy atom. The summed E-state index contributed by atoms with van der Waals surface area (Å²) in [6, 6.07) is 19.8. The molecule has 2 aromatic carbocycles. The van der Waals surface area contributed by atoms with E-state index < -0.39 is 11.2 Å². The highest BCUT2D eigenvalue weighted by Gasteiger charge is 2.17. The lowest BCUT2D eigenvalue weighted by Gasteiger charge is -2.08. The molecule has 2 heterocycles. The largest absolute Gasteiger partial charge is 0.329 e. The van der Waals surface area contributed by atoms with Crippen LogP contribution in [0, 0.1) is 0 Å². The fourth-order valence-electron chi connectivity index (χ4n) is 3.28. The molecule has 0 aliphatic rings. The van der Waals surface area contributed by atoms with Crippen LogP contribution in [0.2, 0.25) is 0 Å². The van der Waals surface area contributed by atoms with E-state index in [0.29, 0.717) is 30.1 Å². The fraction of sp³-hybridized carbons (Fsp3) is 0.130. The van der Waals surface area contributed by atoms with Gasteiger partial charge in [-0.3, -0.25) is 14.3 Å². The lowest BCUT2D eigenvalue weighted by Crippen LogP contribution is -2.29. The smallest absolute Gasteiger partial charge is 0.303 e. The van der Waals surface area contributed by atoms with Gasteiger partial charge in [0.05, 0.1) is 0 Å². The maximum absolute atomic E-state index is 12.5. The van der Waals surface area contributed by atoms with Crippen LogP contribution in [0.25, 0.3) is 17.2 Å². The van der Waals surface area contributed by atoms with Crippen LogP contribution in [0.4, 0.5) is 5.95 Å². The third kappa shape index (κ3) is 4.53. The molecule has 31 heavy (non-hydrogen) atoms. The molecule has 4 rings (SSSR count). The Bertz CT molecular complexity index is 1350. The molecule has 2 N–H and O–H groups in total. The number of allylic oxidation sites excluding steroid dienone is 1. The Balaban J connectivity index is 1.63. The van der Waals surface area contributed by atoms with Crippen molar-refractivity contribution in [2.75, 3.05) is 5.43 Å². The average Bonchev–Trinajstić information content (AvgIpc) is 3.16. The van der Waals surface area contributed by atoms with E-state index in [4.69, 9.17) is 0 Å². The quantitative estimate of drug-likeness (QED) is 0.359. The zero-order valence-corrected chi connectivity index (χ0v) is 17.0. The summed E-state index contributed by atoms with van der Waals surface area (Å²) in [6.45, 7) is 0.500. The summed E-state index contributed by atoms with van der Waals surface area (Å²) in [7, 11) is 1.57. The van der Waals surface area contributed by atoms with Crippen LogP contribution in [0.1, 0.15) is 11.1 Å². The van der Waals surface area contributed by atoms with Crippen LogP contribution < -0.4 is 16.7 Å². The molecule has 0 amide bonds. The monoisotopic (exact) mass is 414 g/mol. The SMILES string of the molecule is Cn1c(=O)[nH]c(=O)c2c1nc(NN=C/C=C\c1ccccc1)n2CCc1ccccc1. The number of nitrogens with one attached hydrogen (secondary N) is 2. The van der Waals surface area contributed by atoms with Crippen LogP contribution in [-0.2, 0) is 20.0 Å². The van der Waals surface area contributed by atoms with Gasteiger partial charge in [0.1, 0.15) is 0 Å². The number of anilines is 1. The Morgan fingerprint density at radius 1 is 1.06 bits per heavy atom. The first-order valence-electron chi connectivity index (χ1n) is 9.88. The number of aryl methyl sites for hydroxylation is 3. The maximum Gasteiger partial charge on any atom is 0.329 e. The molecule has 0 atom stereocenters. The van der Waals surface area contributed by atoms with E-state index in [1.54, 1.807) is 17.8 Å². The number of benzene rings is 2. The normalized spacial score (nSPS) is 11.6. The van der Waals surface area contributed by atoms with E-state index >= 15 is 0 Å². The van der Waals surface area contributed by atoms with Crippen LogP contribution in [-0.4, -0.2) is 25.3 Å². The van der Waals surface area contributed by atoms with Crippen LogP contribution in [0.5, 0.6) is 0 Å². The Hall–Kier alpha value is -4.20. The molecule has 0 aliphatic carbocycles. The van der Waals surface area contributed by atoms with Crippen LogP contribution >= 0.6 is 0 Å². The first-order valence-corrected chi connectivity index (χ1v) is 9.88. The second-order valence-corrected chi connectivity index (χ2v) is 6.97. The third-order valence-corrected chi connectivity index (χ3v) is 4.89. The zero-order chi connectivity index (χ0) is 21.6. The lowest BCUT2D eigenvalue weighted by molar-refractivity contribution is 0.716. The molecule has 0 fully saturated rings. The summed E-state index contributed by atoms with van der Waals surface area (Å²) in [5, 5.41) is 4.20. The number of H-pyrrole nitrogens is 1. The summed E-state index contributed by atoms with van der Waals surface area (Å²) in [5.41, 5.74) is 4.75. The van der Waals surface area contributed by atoms with Gasteiger partial charge < -0.3 is 4.57 Å². The van der Waals surface area contributed by atoms with Gasteiger partial charge in [-0.05, 0) is 23.6 Å². The van der Waals surface area contributed by atoms with E-state index in [2.05, 4.69) is 20.5 Å².